The number of pyridine rings is 1. The third-order valence-electron chi connectivity index (χ3n) is 3.78. The molecule has 2 heterocycles. The molecule has 0 unspecified atom stereocenters. The standard InChI is InChI=1S/C20H22N3/c1-14(2)20-21-12-17(13-22-20)16-9-10-23(4)19(11-16)18-8-6-5-7-15(18)3/h5-14H,1-4H3/q+1/i1D3,2D3,14D. The number of hydrogen-bond donors (Lipinski definition) is 0. The van der Waals surface area contributed by atoms with Crippen LogP contribution in [0.2, 0.25) is 0 Å². The van der Waals surface area contributed by atoms with E-state index in [2.05, 4.69) is 9.97 Å². The summed E-state index contributed by atoms with van der Waals surface area (Å²) < 4.78 is 55.6. The summed E-state index contributed by atoms with van der Waals surface area (Å²) in [6, 6.07) is 11.8. The molecule has 0 aliphatic rings. The molecular weight excluding hydrogens is 282 g/mol. The zero-order valence-electron chi connectivity index (χ0n) is 20.0. The first-order valence-electron chi connectivity index (χ1n) is 10.7. The van der Waals surface area contributed by atoms with Crippen LogP contribution in [0.25, 0.3) is 22.4 Å². The van der Waals surface area contributed by atoms with E-state index >= 15 is 0 Å². The van der Waals surface area contributed by atoms with Crippen molar-refractivity contribution in [2.45, 2.75) is 26.5 Å². The van der Waals surface area contributed by atoms with E-state index in [1.165, 1.54) is 12.4 Å². The van der Waals surface area contributed by atoms with Crippen LogP contribution in [0.1, 0.15) is 40.6 Å². The van der Waals surface area contributed by atoms with E-state index in [0.717, 1.165) is 22.4 Å². The minimum Gasteiger partial charge on any atom is -0.240 e. The molecule has 3 rings (SSSR count). The second-order valence-corrected chi connectivity index (χ2v) is 5.40. The minimum absolute atomic E-state index is 0.549. The van der Waals surface area contributed by atoms with Gasteiger partial charge in [0.05, 0.1) is 0 Å². The fourth-order valence-corrected chi connectivity index (χ4v) is 2.48. The Bertz CT molecular complexity index is 1040. The molecule has 0 spiro atoms. The SMILES string of the molecule is [2H]C([2H])([2H])C([2H])(c1ncc(-c2cc[n+](C)c(-c3ccccc3C)c2)cn1)C([2H])([2H])[2H]. The zero-order valence-corrected chi connectivity index (χ0v) is 13.0. The molecule has 0 saturated carbocycles. The first kappa shape index (κ1) is 8.92. The van der Waals surface area contributed by atoms with E-state index in [1.807, 2.05) is 61.1 Å². The summed E-state index contributed by atoms with van der Waals surface area (Å²) in [6.07, 6.45) is 4.62. The number of hydrogen-bond acceptors (Lipinski definition) is 2. The Kier molecular flexibility index (Phi) is 2.44. The molecule has 0 bridgehead atoms. The van der Waals surface area contributed by atoms with Crippen molar-refractivity contribution in [2.24, 2.45) is 7.05 Å². The van der Waals surface area contributed by atoms with Crippen molar-refractivity contribution in [2.75, 3.05) is 0 Å². The molecule has 0 atom stereocenters. The monoisotopic (exact) mass is 311 g/mol. The maximum Gasteiger partial charge on any atom is 0.213 e. The minimum atomic E-state index is -3.11. The molecule has 0 fully saturated rings. The van der Waals surface area contributed by atoms with Crippen molar-refractivity contribution in [1.29, 1.82) is 0 Å². The summed E-state index contributed by atoms with van der Waals surface area (Å²) in [5.41, 5.74) is 4.53. The Labute approximate surface area is 147 Å². The Hall–Kier alpha value is -2.55. The lowest BCUT2D eigenvalue weighted by atomic mass is 10.0. The molecular formula is C20H22N3+. The Morgan fingerprint density at radius 1 is 1.09 bits per heavy atom. The van der Waals surface area contributed by atoms with Gasteiger partial charge in [-0.1, -0.05) is 31.9 Å². The molecule has 116 valence electrons. The smallest absolute Gasteiger partial charge is 0.213 e. The van der Waals surface area contributed by atoms with Crippen LogP contribution in [0.15, 0.2) is 55.0 Å². The van der Waals surface area contributed by atoms with Gasteiger partial charge in [-0.2, -0.15) is 0 Å². The van der Waals surface area contributed by atoms with Gasteiger partial charge in [-0.3, -0.25) is 0 Å². The summed E-state index contributed by atoms with van der Waals surface area (Å²) in [6.45, 7) is -4.20. The number of aryl methyl sites for hydroxylation is 2. The average Bonchev–Trinajstić information content (AvgIpc) is 2.67. The molecule has 3 aromatic rings. The Morgan fingerprint density at radius 2 is 1.83 bits per heavy atom. The van der Waals surface area contributed by atoms with Gasteiger partial charge in [0, 0.05) is 51.1 Å². The first-order valence-corrected chi connectivity index (χ1v) is 7.25. The molecule has 23 heavy (non-hydrogen) atoms. The fraction of sp³-hybridized carbons (Fsp3) is 0.250. The first-order chi connectivity index (χ1) is 13.9. The lowest BCUT2D eigenvalue weighted by Gasteiger charge is -2.08. The molecule has 0 saturated heterocycles. The molecule has 0 aliphatic carbocycles. The highest BCUT2D eigenvalue weighted by Crippen LogP contribution is 2.25. The second-order valence-electron chi connectivity index (χ2n) is 5.40. The molecule has 0 radical (unpaired) electrons. The van der Waals surface area contributed by atoms with Gasteiger partial charge in [0.1, 0.15) is 12.9 Å². The summed E-state index contributed by atoms with van der Waals surface area (Å²) in [5.74, 6) is -3.46. The summed E-state index contributed by atoms with van der Waals surface area (Å²) in [4.78, 5) is 7.95. The molecule has 0 amide bonds. The molecule has 3 nitrogen and oxygen atoms in total. The third kappa shape index (κ3) is 3.14. The second kappa shape index (κ2) is 6.29. The van der Waals surface area contributed by atoms with Gasteiger partial charge in [-0.05, 0) is 24.1 Å². The normalized spacial score (nSPS) is 17.0. The quantitative estimate of drug-likeness (QED) is 0.683. The summed E-state index contributed by atoms with van der Waals surface area (Å²) >= 11 is 0. The van der Waals surface area contributed by atoms with Crippen LogP contribution in [0, 0.1) is 6.92 Å². The zero-order chi connectivity index (χ0) is 22.3. The highest BCUT2D eigenvalue weighted by Gasteiger charge is 2.14. The van der Waals surface area contributed by atoms with Crippen molar-refractivity contribution in [1.82, 2.24) is 9.97 Å². The predicted octanol–water partition coefficient (Wildman–Crippen LogP) is 4.07. The van der Waals surface area contributed by atoms with E-state index in [1.54, 1.807) is 0 Å². The maximum absolute atomic E-state index is 8.18. The van der Waals surface area contributed by atoms with Crippen LogP contribution in [0.5, 0.6) is 0 Å². The van der Waals surface area contributed by atoms with Gasteiger partial charge in [0.25, 0.3) is 0 Å². The summed E-state index contributed by atoms with van der Waals surface area (Å²) in [7, 11) is 1.94. The van der Waals surface area contributed by atoms with Gasteiger partial charge >= 0.3 is 0 Å². The van der Waals surface area contributed by atoms with Crippen LogP contribution in [-0.4, -0.2) is 9.97 Å². The third-order valence-corrected chi connectivity index (χ3v) is 3.78. The molecule has 1 aromatic carbocycles. The molecule has 3 heteroatoms. The van der Waals surface area contributed by atoms with E-state index < -0.39 is 25.4 Å². The van der Waals surface area contributed by atoms with E-state index in [4.69, 9.17) is 9.60 Å². The van der Waals surface area contributed by atoms with Crippen LogP contribution in [-0.2, 0) is 7.05 Å². The van der Waals surface area contributed by atoms with Crippen molar-refractivity contribution in [3.05, 3.63) is 66.4 Å². The average molecular weight is 311 g/mol. The largest absolute Gasteiger partial charge is 0.240 e. The lowest BCUT2D eigenvalue weighted by Crippen LogP contribution is -2.30. The highest BCUT2D eigenvalue weighted by atomic mass is 14.9. The van der Waals surface area contributed by atoms with Crippen LogP contribution < -0.4 is 4.57 Å². The van der Waals surface area contributed by atoms with Crippen molar-refractivity contribution in [3.8, 4) is 22.4 Å². The van der Waals surface area contributed by atoms with E-state index in [-0.39, 0.29) is 0 Å². The Balaban J connectivity index is 2.06. The van der Waals surface area contributed by atoms with Gasteiger partial charge in [0.2, 0.25) is 5.69 Å². The summed E-state index contributed by atoms with van der Waals surface area (Å²) in [5, 5.41) is 0. The predicted molar refractivity (Wildman–Crippen MR) is 92.9 cm³/mol. The maximum atomic E-state index is 8.18. The van der Waals surface area contributed by atoms with E-state index in [9.17, 15) is 0 Å². The van der Waals surface area contributed by atoms with Gasteiger partial charge in [0.15, 0.2) is 6.20 Å². The number of aromatic nitrogens is 3. The van der Waals surface area contributed by atoms with Gasteiger partial charge in [-0.15, -0.1) is 0 Å². The van der Waals surface area contributed by atoms with Gasteiger partial charge in [-0.25, -0.2) is 14.5 Å². The number of nitrogens with zero attached hydrogens (tertiary/aromatic N) is 3. The Morgan fingerprint density at radius 3 is 2.52 bits per heavy atom. The van der Waals surface area contributed by atoms with Crippen molar-refractivity contribution >= 4 is 0 Å². The van der Waals surface area contributed by atoms with Crippen molar-refractivity contribution < 1.29 is 14.2 Å². The lowest BCUT2D eigenvalue weighted by molar-refractivity contribution is -0.660. The molecule has 2 aromatic heterocycles. The fourth-order valence-electron chi connectivity index (χ4n) is 2.48. The van der Waals surface area contributed by atoms with Crippen LogP contribution >= 0.6 is 0 Å². The number of benzene rings is 1. The number of rotatable bonds is 3. The van der Waals surface area contributed by atoms with Crippen LogP contribution in [0.4, 0.5) is 0 Å². The van der Waals surface area contributed by atoms with Crippen LogP contribution in [0.3, 0.4) is 0 Å². The molecule has 0 aliphatic heterocycles. The topological polar surface area (TPSA) is 29.7 Å². The molecule has 0 N–H and O–H groups in total. The van der Waals surface area contributed by atoms with Gasteiger partial charge < -0.3 is 0 Å². The highest BCUT2D eigenvalue weighted by molar-refractivity contribution is 5.69. The van der Waals surface area contributed by atoms with Crippen molar-refractivity contribution in [3.63, 3.8) is 0 Å². The van der Waals surface area contributed by atoms with E-state index in [0.29, 0.717) is 5.56 Å².